The minimum Gasteiger partial charge on any atom is -0.399 e. The second-order valence-corrected chi connectivity index (χ2v) is 5.24. The number of nitrogens with two attached hydrogens (primary N) is 1. The van der Waals surface area contributed by atoms with Crippen molar-refractivity contribution in [3.8, 4) is 11.8 Å². The minimum atomic E-state index is 0.781. The molecule has 0 saturated heterocycles. The van der Waals surface area contributed by atoms with E-state index in [4.69, 9.17) is 5.73 Å². The molecule has 23 heavy (non-hydrogen) atoms. The Morgan fingerprint density at radius 1 is 0.565 bits per heavy atom. The van der Waals surface area contributed by atoms with Crippen molar-refractivity contribution in [3.63, 3.8) is 0 Å². The molecule has 0 aliphatic rings. The van der Waals surface area contributed by atoms with Gasteiger partial charge in [0.2, 0.25) is 0 Å². The largest absolute Gasteiger partial charge is 0.399 e. The summed E-state index contributed by atoms with van der Waals surface area (Å²) in [4.78, 5) is 0. The van der Waals surface area contributed by atoms with Gasteiger partial charge >= 0.3 is 0 Å². The number of hydrogen-bond acceptors (Lipinski definition) is 1. The maximum atomic E-state index is 5.68. The van der Waals surface area contributed by atoms with Crippen molar-refractivity contribution in [1.82, 2.24) is 0 Å². The first-order valence-electron chi connectivity index (χ1n) is 7.50. The van der Waals surface area contributed by atoms with Gasteiger partial charge in [-0.1, -0.05) is 66.5 Å². The molecule has 3 aromatic rings. The van der Waals surface area contributed by atoms with Crippen LogP contribution in [0.4, 0.5) is 5.69 Å². The molecule has 1 heteroatoms. The Balaban J connectivity index is 1.70. The third kappa shape index (κ3) is 4.36. The van der Waals surface area contributed by atoms with Gasteiger partial charge in [0.1, 0.15) is 0 Å². The molecule has 0 aliphatic carbocycles. The van der Waals surface area contributed by atoms with E-state index in [1.54, 1.807) is 0 Å². The molecule has 0 aromatic heterocycles. The monoisotopic (exact) mass is 295 g/mol. The van der Waals surface area contributed by atoms with E-state index in [2.05, 4.69) is 36.1 Å². The molecule has 0 radical (unpaired) electrons. The van der Waals surface area contributed by atoms with Gasteiger partial charge in [-0.25, -0.2) is 0 Å². The fourth-order valence-electron chi connectivity index (χ4n) is 2.14. The quantitative estimate of drug-likeness (QED) is 0.408. The van der Waals surface area contributed by atoms with E-state index in [1.165, 1.54) is 0 Å². The number of nitrogen functional groups attached to an aromatic ring is 1. The zero-order valence-electron chi connectivity index (χ0n) is 12.7. The van der Waals surface area contributed by atoms with Gasteiger partial charge in [-0.15, -0.1) is 0 Å². The van der Waals surface area contributed by atoms with Crippen molar-refractivity contribution in [1.29, 1.82) is 0 Å². The third-order valence-electron chi connectivity index (χ3n) is 3.44. The second kappa shape index (κ2) is 7.15. The third-order valence-corrected chi connectivity index (χ3v) is 3.44. The highest BCUT2D eigenvalue weighted by atomic mass is 14.5. The van der Waals surface area contributed by atoms with Crippen molar-refractivity contribution < 1.29 is 0 Å². The van der Waals surface area contributed by atoms with Crippen LogP contribution in [-0.2, 0) is 0 Å². The highest BCUT2D eigenvalue weighted by Gasteiger charge is 1.91. The van der Waals surface area contributed by atoms with Crippen LogP contribution in [0.3, 0.4) is 0 Å². The number of benzene rings is 3. The Morgan fingerprint density at radius 3 is 1.61 bits per heavy atom. The zero-order valence-corrected chi connectivity index (χ0v) is 12.7. The fraction of sp³-hybridized carbons (Fsp3) is 0. The van der Waals surface area contributed by atoms with Crippen LogP contribution < -0.4 is 5.73 Å². The first-order chi connectivity index (χ1) is 11.3. The van der Waals surface area contributed by atoms with Crippen LogP contribution >= 0.6 is 0 Å². The Bertz CT molecular complexity index is 846. The van der Waals surface area contributed by atoms with Crippen LogP contribution in [0.2, 0.25) is 0 Å². The lowest BCUT2D eigenvalue weighted by Crippen LogP contribution is -1.82. The van der Waals surface area contributed by atoms with Gasteiger partial charge in [0.05, 0.1) is 0 Å². The summed E-state index contributed by atoms with van der Waals surface area (Å²) in [6.07, 6.45) is 4.16. The predicted molar refractivity (Wildman–Crippen MR) is 98.6 cm³/mol. The van der Waals surface area contributed by atoms with Crippen molar-refractivity contribution in [2.45, 2.75) is 0 Å². The summed E-state index contributed by atoms with van der Waals surface area (Å²) in [5.41, 5.74) is 10.8. The van der Waals surface area contributed by atoms with Crippen LogP contribution in [0.15, 0.2) is 78.9 Å². The van der Waals surface area contributed by atoms with Crippen LogP contribution in [0.1, 0.15) is 22.3 Å². The summed E-state index contributed by atoms with van der Waals surface area (Å²) in [5, 5.41) is 0. The Kier molecular flexibility index (Phi) is 4.57. The molecule has 2 N–H and O–H groups in total. The number of hydrogen-bond donors (Lipinski definition) is 1. The van der Waals surface area contributed by atoms with E-state index in [0.717, 1.165) is 27.9 Å². The lowest BCUT2D eigenvalue weighted by atomic mass is 10.1. The highest BCUT2D eigenvalue weighted by Crippen LogP contribution is 2.11. The van der Waals surface area contributed by atoms with Gasteiger partial charge in [0, 0.05) is 16.8 Å². The van der Waals surface area contributed by atoms with E-state index in [1.807, 2.05) is 66.7 Å². The smallest absolute Gasteiger partial charge is 0.0314 e. The molecule has 0 unspecified atom stereocenters. The fourth-order valence-corrected chi connectivity index (χ4v) is 2.14. The van der Waals surface area contributed by atoms with E-state index in [9.17, 15) is 0 Å². The van der Waals surface area contributed by atoms with Gasteiger partial charge in [0.25, 0.3) is 0 Å². The molecule has 1 nitrogen and oxygen atoms in total. The summed E-state index contributed by atoms with van der Waals surface area (Å²) in [5.74, 6) is 6.34. The van der Waals surface area contributed by atoms with Crippen molar-refractivity contribution in [2.24, 2.45) is 0 Å². The van der Waals surface area contributed by atoms with Crippen molar-refractivity contribution in [2.75, 3.05) is 5.73 Å². The normalized spacial score (nSPS) is 10.3. The van der Waals surface area contributed by atoms with Crippen LogP contribution in [0.25, 0.3) is 12.2 Å². The molecule has 0 fully saturated rings. The molecule has 3 rings (SSSR count). The second-order valence-electron chi connectivity index (χ2n) is 5.24. The average Bonchev–Trinajstić information content (AvgIpc) is 2.61. The Hall–Kier alpha value is -3.24. The first kappa shape index (κ1) is 14.7. The topological polar surface area (TPSA) is 26.0 Å². The highest BCUT2D eigenvalue weighted by molar-refractivity contribution is 5.70. The molecule has 0 aliphatic heterocycles. The van der Waals surface area contributed by atoms with Crippen molar-refractivity contribution >= 4 is 17.8 Å². The predicted octanol–water partition coefficient (Wildman–Crippen LogP) is 4.84. The molecule has 0 saturated carbocycles. The summed E-state index contributed by atoms with van der Waals surface area (Å²) in [6.45, 7) is 0. The molecule has 0 heterocycles. The lowest BCUT2D eigenvalue weighted by molar-refractivity contribution is 1.60. The zero-order chi connectivity index (χ0) is 15.9. The molecule has 0 atom stereocenters. The molecule has 3 aromatic carbocycles. The Morgan fingerprint density at radius 2 is 1.04 bits per heavy atom. The van der Waals surface area contributed by atoms with E-state index >= 15 is 0 Å². The maximum absolute atomic E-state index is 5.68. The first-order valence-corrected chi connectivity index (χ1v) is 7.50. The summed E-state index contributed by atoms with van der Waals surface area (Å²) in [7, 11) is 0. The standard InChI is InChI=1S/C22H17N/c23-22-16-14-21(15-17-22)13-12-20-10-8-19(9-11-20)7-6-18-4-2-1-3-5-18/h1-5,8-17H,23H2. The summed E-state index contributed by atoms with van der Waals surface area (Å²) in [6, 6.07) is 26.1. The summed E-state index contributed by atoms with van der Waals surface area (Å²) < 4.78 is 0. The molecule has 0 bridgehead atoms. The average molecular weight is 295 g/mol. The van der Waals surface area contributed by atoms with E-state index in [0.29, 0.717) is 0 Å². The van der Waals surface area contributed by atoms with Gasteiger partial charge in [-0.2, -0.15) is 0 Å². The lowest BCUT2D eigenvalue weighted by Gasteiger charge is -1.96. The molecule has 0 spiro atoms. The van der Waals surface area contributed by atoms with Crippen LogP contribution in [-0.4, -0.2) is 0 Å². The summed E-state index contributed by atoms with van der Waals surface area (Å²) >= 11 is 0. The maximum Gasteiger partial charge on any atom is 0.0314 e. The molecule has 110 valence electrons. The molecular weight excluding hydrogens is 278 g/mol. The number of rotatable bonds is 2. The van der Waals surface area contributed by atoms with E-state index < -0.39 is 0 Å². The number of anilines is 1. The van der Waals surface area contributed by atoms with Gasteiger partial charge in [-0.05, 0) is 47.5 Å². The van der Waals surface area contributed by atoms with Crippen LogP contribution in [0.5, 0.6) is 0 Å². The van der Waals surface area contributed by atoms with Crippen molar-refractivity contribution in [3.05, 3.63) is 101 Å². The molecular formula is C22H17N. The Labute approximate surface area is 137 Å². The molecule has 0 amide bonds. The van der Waals surface area contributed by atoms with Crippen LogP contribution in [0, 0.1) is 11.8 Å². The van der Waals surface area contributed by atoms with E-state index in [-0.39, 0.29) is 0 Å². The van der Waals surface area contributed by atoms with Gasteiger partial charge in [-0.3, -0.25) is 0 Å². The van der Waals surface area contributed by atoms with Gasteiger partial charge < -0.3 is 5.73 Å². The minimum absolute atomic E-state index is 0.781. The van der Waals surface area contributed by atoms with Gasteiger partial charge in [0.15, 0.2) is 0 Å². The SMILES string of the molecule is Nc1ccc(C=Cc2ccc(C#Cc3ccccc3)cc2)cc1.